The average Bonchev–Trinajstić information content (AvgIpc) is 2.43. The fraction of sp³-hybridized carbons (Fsp3) is 0.308. The van der Waals surface area contributed by atoms with Crippen LogP contribution in [0.1, 0.15) is 12.5 Å². The normalized spacial score (nSPS) is 10.2. The van der Waals surface area contributed by atoms with Crippen LogP contribution in [-0.2, 0) is 0 Å². The van der Waals surface area contributed by atoms with Crippen LogP contribution in [-0.4, -0.2) is 28.6 Å². The van der Waals surface area contributed by atoms with Crippen molar-refractivity contribution in [2.45, 2.75) is 13.8 Å². The lowest BCUT2D eigenvalue weighted by Crippen LogP contribution is -2.06. The second-order valence-electron chi connectivity index (χ2n) is 3.97. The van der Waals surface area contributed by atoms with Crippen molar-refractivity contribution in [1.82, 2.24) is 15.0 Å². The Labute approximate surface area is 125 Å². The molecule has 0 amide bonds. The third-order valence-electron chi connectivity index (χ3n) is 2.45. The Kier molecular flexibility index (Phi) is 4.73. The molecule has 0 radical (unpaired) electrons. The molecule has 1 aromatic heterocycles. The van der Waals surface area contributed by atoms with Gasteiger partial charge in [-0.25, -0.2) is 0 Å². The van der Waals surface area contributed by atoms with Gasteiger partial charge in [0.05, 0.1) is 7.11 Å². The van der Waals surface area contributed by atoms with E-state index in [1.165, 1.54) is 7.11 Å². The monoisotopic (exact) mass is 338 g/mol. The van der Waals surface area contributed by atoms with E-state index in [9.17, 15) is 0 Å². The maximum absolute atomic E-state index is 5.64. The van der Waals surface area contributed by atoms with Gasteiger partial charge in [-0.2, -0.15) is 9.97 Å². The van der Waals surface area contributed by atoms with Crippen molar-refractivity contribution >= 4 is 21.9 Å². The second-order valence-corrected chi connectivity index (χ2v) is 4.83. The summed E-state index contributed by atoms with van der Waals surface area (Å²) in [6.45, 7) is 4.63. The van der Waals surface area contributed by atoms with Crippen LogP contribution in [0.25, 0.3) is 0 Å². The fourth-order valence-corrected chi connectivity index (χ4v) is 1.74. The summed E-state index contributed by atoms with van der Waals surface area (Å²) >= 11 is 3.44. The minimum atomic E-state index is 0.189. The van der Waals surface area contributed by atoms with Gasteiger partial charge in [-0.1, -0.05) is 15.9 Å². The van der Waals surface area contributed by atoms with Crippen LogP contribution >= 0.6 is 15.9 Å². The number of aryl methyl sites for hydroxylation is 1. The number of benzene rings is 1. The van der Waals surface area contributed by atoms with Gasteiger partial charge < -0.3 is 14.8 Å². The highest BCUT2D eigenvalue weighted by Gasteiger charge is 2.09. The van der Waals surface area contributed by atoms with E-state index >= 15 is 0 Å². The number of nitrogens with one attached hydrogen (secondary N) is 1. The molecule has 6 nitrogen and oxygen atoms in total. The van der Waals surface area contributed by atoms with Gasteiger partial charge in [0.1, 0.15) is 5.75 Å². The SMILES string of the molecule is CCNc1nc(OC)nc(Oc2ccc(Br)c(C)c2)n1. The molecule has 0 bridgehead atoms. The maximum Gasteiger partial charge on any atom is 0.330 e. The smallest absolute Gasteiger partial charge is 0.330 e. The number of nitrogens with zero attached hydrogens (tertiary/aromatic N) is 3. The Bertz CT molecular complexity index is 607. The van der Waals surface area contributed by atoms with Gasteiger partial charge in [-0.15, -0.1) is 4.98 Å². The molecule has 0 fully saturated rings. The number of halogens is 1. The molecule has 0 aliphatic rings. The lowest BCUT2D eigenvalue weighted by atomic mass is 10.2. The predicted octanol–water partition coefficient (Wildman–Crippen LogP) is 3.18. The number of hydrogen-bond acceptors (Lipinski definition) is 6. The van der Waals surface area contributed by atoms with Gasteiger partial charge in [0.2, 0.25) is 5.95 Å². The fourth-order valence-electron chi connectivity index (χ4n) is 1.50. The number of ether oxygens (including phenoxy) is 2. The van der Waals surface area contributed by atoms with Crippen molar-refractivity contribution in [2.24, 2.45) is 0 Å². The van der Waals surface area contributed by atoms with E-state index < -0.39 is 0 Å². The molecule has 0 atom stereocenters. The molecule has 20 heavy (non-hydrogen) atoms. The number of rotatable bonds is 5. The quantitative estimate of drug-likeness (QED) is 0.902. The summed E-state index contributed by atoms with van der Waals surface area (Å²) < 4.78 is 11.7. The van der Waals surface area contributed by atoms with Crippen molar-refractivity contribution in [3.8, 4) is 17.8 Å². The van der Waals surface area contributed by atoms with E-state index in [4.69, 9.17) is 9.47 Å². The average molecular weight is 339 g/mol. The Hall–Kier alpha value is -1.89. The highest BCUT2D eigenvalue weighted by atomic mass is 79.9. The van der Waals surface area contributed by atoms with Crippen LogP contribution in [0.15, 0.2) is 22.7 Å². The molecule has 106 valence electrons. The van der Waals surface area contributed by atoms with E-state index in [1.54, 1.807) is 0 Å². The molecule has 0 spiro atoms. The van der Waals surface area contributed by atoms with Crippen LogP contribution in [0.3, 0.4) is 0 Å². The van der Waals surface area contributed by atoms with Gasteiger partial charge in [-0.05, 0) is 37.6 Å². The first-order chi connectivity index (χ1) is 9.62. The lowest BCUT2D eigenvalue weighted by molar-refractivity contribution is 0.360. The molecule has 1 aromatic carbocycles. The number of hydrogen-bond donors (Lipinski definition) is 1. The minimum absolute atomic E-state index is 0.189. The van der Waals surface area contributed by atoms with Crippen molar-refractivity contribution < 1.29 is 9.47 Å². The van der Waals surface area contributed by atoms with Crippen LogP contribution in [0.2, 0.25) is 0 Å². The summed E-state index contributed by atoms with van der Waals surface area (Å²) in [5, 5.41) is 3.00. The van der Waals surface area contributed by atoms with Crippen LogP contribution in [0.5, 0.6) is 17.8 Å². The Morgan fingerprint density at radius 1 is 1.20 bits per heavy atom. The standard InChI is InChI=1S/C13H15BrN4O2/c1-4-15-11-16-12(19-3)18-13(17-11)20-9-5-6-10(14)8(2)7-9/h5-7H,4H2,1-3H3,(H,15,16,17,18). The van der Waals surface area contributed by atoms with Gasteiger partial charge in [0, 0.05) is 11.0 Å². The molecular weight excluding hydrogens is 324 g/mol. The largest absolute Gasteiger partial charge is 0.467 e. The Balaban J connectivity index is 2.27. The van der Waals surface area contributed by atoms with Gasteiger partial charge >= 0.3 is 12.0 Å². The summed E-state index contributed by atoms with van der Waals surface area (Å²) in [6.07, 6.45) is 0. The molecule has 0 saturated carbocycles. The number of aromatic nitrogens is 3. The van der Waals surface area contributed by atoms with Crippen LogP contribution in [0, 0.1) is 6.92 Å². The summed E-state index contributed by atoms with van der Waals surface area (Å²) in [5.41, 5.74) is 1.07. The molecular formula is C13H15BrN4O2. The molecule has 0 unspecified atom stereocenters. The molecule has 2 rings (SSSR count). The Morgan fingerprint density at radius 3 is 2.60 bits per heavy atom. The van der Waals surface area contributed by atoms with Crippen molar-refractivity contribution in [3.63, 3.8) is 0 Å². The molecule has 0 aliphatic heterocycles. The summed E-state index contributed by atoms with van der Waals surface area (Å²) in [7, 11) is 1.50. The van der Waals surface area contributed by atoms with Crippen LogP contribution < -0.4 is 14.8 Å². The molecule has 2 aromatic rings. The van der Waals surface area contributed by atoms with Crippen molar-refractivity contribution in [3.05, 3.63) is 28.2 Å². The van der Waals surface area contributed by atoms with Crippen molar-refractivity contribution in [2.75, 3.05) is 19.0 Å². The Morgan fingerprint density at radius 2 is 1.95 bits per heavy atom. The lowest BCUT2D eigenvalue weighted by Gasteiger charge is -2.08. The number of anilines is 1. The maximum atomic E-state index is 5.64. The zero-order valence-electron chi connectivity index (χ0n) is 11.5. The first-order valence-corrected chi connectivity index (χ1v) is 6.89. The van der Waals surface area contributed by atoms with E-state index in [0.717, 1.165) is 10.0 Å². The summed E-state index contributed by atoms with van der Waals surface area (Å²) in [5.74, 6) is 1.07. The summed E-state index contributed by atoms with van der Waals surface area (Å²) in [4.78, 5) is 12.3. The molecule has 1 N–H and O–H groups in total. The molecule has 0 saturated heterocycles. The minimum Gasteiger partial charge on any atom is -0.467 e. The third kappa shape index (κ3) is 3.57. The zero-order chi connectivity index (χ0) is 14.5. The molecule has 1 heterocycles. The predicted molar refractivity (Wildman–Crippen MR) is 79.5 cm³/mol. The first-order valence-electron chi connectivity index (χ1n) is 6.10. The number of methoxy groups -OCH3 is 1. The topological polar surface area (TPSA) is 69.2 Å². The van der Waals surface area contributed by atoms with Gasteiger partial charge in [0.15, 0.2) is 0 Å². The van der Waals surface area contributed by atoms with Gasteiger partial charge in [-0.3, -0.25) is 0 Å². The molecule has 0 aliphatic carbocycles. The van der Waals surface area contributed by atoms with E-state index in [0.29, 0.717) is 18.2 Å². The van der Waals surface area contributed by atoms with Crippen LogP contribution in [0.4, 0.5) is 5.95 Å². The van der Waals surface area contributed by atoms with Crippen molar-refractivity contribution in [1.29, 1.82) is 0 Å². The summed E-state index contributed by atoms with van der Waals surface area (Å²) in [6, 6.07) is 6.04. The molecule has 7 heteroatoms. The highest BCUT2D eigenvalue weighted by Crippen LogP contribution is 2.25. The van der Waals surface area contributed by atoms with E-state index in [1.807, 2.05) is 32.0 Å². The van der Waals surface area contributed by atoms with Gasteiger partial charge in [0.25, 0.3) is 0 Å². The third-order valence-corrected chi connectivity index (χ3v) is 3.34. The second kappa shape index (κ2) is 6.51. The van der Waals surface area contributed by atoms with E-state index in [2.05, 4.69) is 36.2 Å². The zero-order valence-corrected chi connectivity index (χ0v) is 13.1. The highest BCUT2D eigenvalue weighted by molar-refractivity contribution is 9.10. The van der Waals surface area contributed by atoms with E-state index in [-0.39, 0.29) is 12.0 Å². The first kappa shape index (κ1) is 14.5.